The lowest BCUT2D eigenvalue weighted by molar-refractivity contribution is -0.139. The molecule has 28 heavy (non-hydrogen) atoms. The van der Waals surface area contributed by atoms with Gasteiger partial charge >= 0.3 is 17.9 Å². The lowest BCUT2D eigenvalue weighted by Gasteiger charge is -2.24. The van der Waals surface area contributed by atoms with Crippen LogP contribution in [0, 0.1) is 23.3 Å². The fourth-order valence-electron chi connectivity index (χ4n) is 2.36. The van der Waals surface area contributed by atoms with Gasteiger partial charge in [-0.3, -0.25) is 0 Å². The van der Waals surface area contributed by atoms with Crippen LogP contribution < -0.4 is 4.90 Å². The third-order valence-corrected chi connectivity index (χ3v) is 3.58. The van der Waals surface area contributed by atoms with E-state index in [1.165, 1.54) is 6.08 Å². The van der Waals surface area contributed by atoms with Crippen LogP contribution in [0.4, 0.5) is 23.2 Å². The average Bonchev–Trinajstić information content (AvgIpc) is 2.88. The van der Waals surface area contributed by atoms with Crippen molar-refractivity contribution in [3.05, 3.63) is 64.5 Å². The lowest BCUT2D eigenvalue weighted by Crippen LogP contribution is -2.29. The second-order valence-corrected chi connectivity index (χ2v) is 5.10. The van der Waals surface area contributed by atoms with Crippen LogP contribution in [0.3, 0.4) is 0 Å². The number of ether oxygens (including phenoxy) is 2. The number of carbonyl (C=O) groups excluding carboxylic acids is 2. The molecule has 0 saturated heterocycles. The Balaban J connectivity index is 2.90. The van der Waals surface area contributed by atoms with Gasteiger partial charge in [-0.15, -0.1) is 0 Å². The van der Waals surface area contributed by atoms with E-state index in [0.717, 1.165) is 32.6 Å². The molecule has 0 aromatic heterocycles. The third-order valence-electron chi connectivity index (χ3n) is 3.58. The summed E-state index contributed by atoms with van der Waals surface area (Å²) >= 11 is 0. The van der Waals surface area contributed by atoms with Gasteiger partial charge in [0.2, 0.25) is 0 Å². The number of hydrogen-bond acceptors (Lipinski definition) is 6. The maximum atomic E-state index is 14.5. The number of halogens is 4. The smallest absolute Gasteiger partial charge is 0.355 e. The van der Waals surface area contributed by atoms with Crippen molar-refractivity contribution >= 4 is 23.6 Å². The first-order valence-corrected chi connectivity index (χ1v) is 7.31. The van der Waals surface area contributed by atoms with E-state index < -0.39 is 63.7 Å². The quantitative estimate of drug-likeness (QED) is 0.471. The van der Waals surface area contributed by atoms with E-state index in [9.17, 15) is 31.9 Å². The molecule has 0 spiro atoms. The molecule has 1 heterocycles. The highest BCUT2D eigenvalue weighted by molar-refractivity contribution is 6.05. The largest absolute Gasteiger partial charge is 0.477 e. The first-order chi connectivity index (χ1) is 13.2. The van der Waals surface area contributed by atoms with Crippen LogP contribution in [0.15, 0.2) is 35.7 Å². The molecule has 0 fully saturated rings. The Labute approximate surface area is 154 Å². The Kier molecular flexibility index (Phi) is 5.87. The molecule has 0 unspecified atom stereocenters. The molecule has 1 aromatic rings. The molecule has 7 nitrogen and oxygen atoms in total. The maximum absolute atomic E-state index is 14.5. The van der Waals surface area contributed by atoms with Crippen LogP contribution in [-0.2, 0) is 19.1 Å². The normalized spacial score (nSPS) is 13.4. The van der Waals surface area contributed by atoms with Gasteiger partial charge in [0.15, 0.2) is 23.3 Å². The van der Waals surface area contributed by atoms with Crippen molar-refractivity contribution in [2.24, 2.45) is 0 Å². The topological polar surface area (TPSA) is 93.1 Å². The summed E-state index contributed by atoms with van der Waals surface area (Å²) in [5.74, 6) is -13.3. The summed E-state index contributed by atoms with van der Waals surface area (Å²) in [6.45, 7) is 0. The minimum atomic E-state index is -2.24. The zero-order chi connectivity index (χ0) is 21.2. The Hall–Kier alpha value is -3.63. The zero-order valence-corrected chi connectivity index (χ0v) is 14.3. The Morgan fingerprint density at radius 3 is 1.89 bits per heavy atom. The van der Waals surface area contributed by atoms with E-state index in [1.807, 2.05) is 0 Å². The summed E-state index contributed by atoms with van der Waals surface area (Å²) in [5.41, 5.74) is -4.69. The Bertz CT molecular complexity index is 938. The van der Waals surface area contributed by atoms with Gasteiger partial charge in [-0.2, -0.15) is 0 Å². The number of carboxylic acid groups (broad SMARTS) is 1. The van der Waals surface area contributed by atoms with Crippen LogP contribution in [0.5, 0.6) is 0 Å². The number of methoxy groups -OCH3 is 2. The number of aromatic carboxylic acids is 1. The summed E-state index contributed by atoms with van der Waals surface area (Å²) in [4.78, 5) is 35.4. The highest BCUT2D eigenvalue weighted by Gasteiger charge is 2.36. The SMILES string of the molecule is COC(=O)C1=C(C(=O)OC)N(c2c(F)c(F)c(C(=O)O)c(F)c2F)C=CC=C1. The molecule has 148 valence electrons. The second-order valence-electron chi connectivity index (χ2n) is 5.10. The molecule has 1 N–H and O–H groups in total. The van der Waals surface area contributed by atoms with Gasteiger partial charge in [0, 0.05) is 6.20 Å². The van der Waals surface area contributed by atoms with E-state index in [0.29, 0.717) is 4.90 Å². The van der Waals surface area contributed by atoms with Crippen LogP contribution in [0.25, 0.3) is 0 Å². The summed E-state index contributed by atoms with van der Waals surface area (Å²) < 4.78 is 66.2. The lowest BCUT2D eigenvalue weighted by atomic mass is 10.1. The van der Waals surface area contributed by atoms with Gasteiger partial charge in [-0.25, -0.2) is 31.9 Å². The van der Waals surface area contributed by atoms with Gasteiger partial charge < -0.3 is 19.5 Å². The van der Waals surface area contributed by atoms with Crippen molar-refractivity contribution in [3.8, 4) is 0 Å². The summed E-state index contributed by atoms with van der Waals surface area (Å²) in [7, 11) is 1.85. The third kappa shape index (κ3) is 3.33. The standard InChI is InChI=1S/C17H11F4NO6/c1-27-16(25)7-5-3-4-6-22(13(7)17(26)28-2)14-11(20)9(18)8(15(23)24)10(19)12(14)21/h3-6H,1-2H3,(H,23,24). The summed E-state index contributed by atoms with van der Waals surface area (Å²) in [5, 5.41) is 8.77. The van der Waals surface area contributed by atoms with Crippen LogP contribution in [0.1, 0.15) is 10.4 Å². The van der Waals surface area contributed by atoms with E-state index in [1.54, 1.807) is 0 Å². The number of esters is 2. The van der Waals surface area contributed by atoms with Crippen molar-refractivity contribution in [2.45, 2.75) is 0 Å². The van der Waals surface area contributed by atoms with Gasteiger partial charge in [-0.1, -0.05) is 6.08 Å². The predicted molar refractivity (Wildman–Crippen MR) is 85.1 cm³/mol. The van der Waals surface area contributed by atoms with Gasteiger partial charge in [0.1, 0.15) is 16.9 Å². The molecular formula is C17H11F4NO6. The molecule has 0 aliphatic carbocycles. The minimum Gasteiger partial charge on any atom is -0.477 e. The molecule has 11 heteroatoms. The van der Waals surface area contributed by atoms with E-state index in [2.05, 4.69) is 9.47 Å². The van der Waals surface area contributed by atoms with Crippen molar-refractivity contribution in [1.29, 1.82) is 0 Å². The summed E-state index contributed by atoms with van der Waals surface area (Å²) in [6, 6.07) is 0. The number of allylic oxidation sites excluding steroid dienone is 2. The molecule has 0 bridgehead atoms. The highest BCUT2D eigenvalue weighted by atomic mass is 19.2. The van der Waals surface area contributed by atoms with Crippen LogP contribution in [0.2, 0.25) is 0 Å². The first kappa shape index (κ1) is 20.7. The molecular weight excluding hydrogens is 390 g/mol. The van der Waals surface area contributed by atoms with Crippen LogP contribution in [-0.4, -0.2) is 37.2 Å². The molecule has 1 aliphatic rings. The fraction of sp³-hybridized carbons (Fsp3) is 0.118. The number of carboxylic acids is 1. The van der Waals surface area contributed by atoms with E-state index in [-0.39, 0.29) is 0 Å². The van der Waals surface area contributed by atoms with E-state index in [4.69, 9.17) is 5.11 Å². The molecule has 0 amide bonds. The van der Waals surface area contributed by atoms with Gasteiger partial charge in [-0.05, 0) is 12.2 Å². The molecule has 0 saturated carbocycles. The number of rotatable bonds is 4. The van der Waals surface area contributed by atoms with Crippen molar-refractivity contribution < 1.29 is 46.5 Å². The predicted octanol–water partition coefficient (Wildman–Crippen LogP) is 2.43. The van der Waals surface area contributed by atoms with Crippen molar-refractivity contribution in [1.82, 2.24) is 0 Å². The highest BCUT2D eigenvalue weighted by Crippen LogP contribution is 2.35. The second kappa shape index (κ2) is 7.94. The molecule has 0 radical (unpaired) electrons. The molecule has 1 aromatic carbocycles. The number of hydrogen-bond donors (Lipinski definition) is 1. The number of nitrogens with zero attached hydrogens (tertiary/aromatic N) is 1. The van der Waals surface area contributed by atoms with Crippen molar-refractivity contribution in [2.75, 3.05) is 19.1 Å². The van der Waals surface area contributed by atoms with Crippen LogP contribution >= 0.6 is 0 Å². The number of anilines is 1. The first-order valence-electron chi connectivity index (χ1n) is 7.31. The molecule has 1 aliphatic heterocycles. The molecule has 2 rings (SSSR count). The number of benzene rings is 1. The van der Waals surface area contributed by atoms with Gasteiger partial charge in [0.25, 0.3) is 0 Å². The monoisotopic (exact) mass is 401 g/mol. The number of carbonyl (C=O) groups is 3. The summed E-state index contributed by atoms with van der Waals surface area (Å²) in [6.07, 6.45) is 4.14. The maximum Gasteiger partial charge on any atom is 0.355 e. The van der Waals surface area contributed by atoms with Gasteiger partial charge in [0.05, 0.1) is 19.8 Å². The van der Waals surface area contributed by atoms with Crippen molar-refractivity contribution in [3.63, 3.8) is 0 Å². The minimum absolute atomic E-state index is 0.320. The Morgan fingerprint density at radius 1 is 0.893 bits per heavy atom. The molecule has 0 atom stereocenters. The van der Waals surface area contributed by atoms with E-state index >= 15 is 0 Å². The average molecular weight is 401 g/mol. The zero-order valence-electron chi connectivity index (χ0n) is 14.3. The Morgan fingerprint density at radius 2 is 1.43 bits per heavy atom. The fourth-order valence-corrected chi connectivity index (χ4v) is 2.36.